The van der Waals surface area contributed by atoms with Crippen LogP contribution in [0.2, 0.25) is 0 Å². The molecule has 0 aliphatic heterocycles. The molecule has 0 saturated carbocycles. The maximum absolute atomic E-state index is 11.6. The molecule has 3 amide bonds. The minimum Gasteiger partial charge on any atom is -0.481 e. The molecule has 0 radical (unpaired) electrons. The van der Waals surface area contributed by atoms with Gasteiger partial charge in [-0.25, -0.2) is 4.79 Å². The molecule has 1 heterocycles. The number of likely N-dealkylation sites (N-methyl/N-ethyl adjacent to an activating group) is 1. The Hall–Kier alpha value is -1.89. The van der Waals surface area contributed by atoms with E-state index in [1.54, 1.807) is 18.4 Å². The number of thiophene rings is 1. The highest BCUT2D eigenvalue weighted by Gasteiger charge is 2.13. The number of imide groups is 1. The van der Waals surface area contributed by atoms with Gasteiger partial charge in [-0.05, 0) is 17.9 Å². The molecule has 0 aliphatic rings. The zero-order valence-corrected chi connectivity index (χ0v) is 11.4. The Bertz CT molecular complexity index is 445. The summed E-state index contributed by atoms with van der Waals surface area (Å²) in [6, 6.07) is 3.41. The molecule has 0 aromatic carbocycles. The summed E-state index contributed by atoms with van der Waals surface area (Å²) in [4.78, 5) is 35.7. The Kier molecular flexibility index (Phi) is 6.01. The summed E-state index contributed by atoms with van der Waals surface area (Å²) in [5.41, 5.74) is 0. The van der Waals surface area contributed by atoms with Crippen molar-refractivity contribution in [2.45, 2.75) is 19.3 Å². The van der Waals surface area contributed by atoms with E-state index in [-0.39, 0.29) is 12.8 Å². The molecule has 0 fully saturated rings. The first kappa shape index (κ1) is 15.2. The van der Waals surface area contributed by atoms with Crippen LogP contribution in [0.15, 0.2) is 17.5 Å². The molecule has 1 aromatic rings. The number of nitrogens with one attached hydrogen (secondary N) is 1. The molecule has 7 heteroatoms. The molecule has 0 unspecified atom stereocenters. The third-order valence-electron chi connectivity index (χ3n) is 2.43. The van der Waals surface area contributed by atoms with Crippen molar-refractivity contribution in [3.05, 3.63) is 22.4 Å². The Morgan fingerprint density at radius 1 is 1.37 bits per heavy atom. The molecule has 1 rings (SSSR count). The number of aliphatic carboxylic acids is 1. The summed E-state index contributed by atoms with van der Waals surface area (Å²) in [7, 11) is 1.59. The highest BCUT2D eigenvalue weighted by Crippen LogP contribution is 2.09. The van der Waals surface area contributed by atoms with Crippen LogP contribution in [-0.4, -0.2) is 41.5 Å². The number of urea groups is 1. The van der Waals surface area contributed by atoms with Crippen LogP contribution in [0, 0.1) is 0 Å². The number of carboxylic acids is 1. The lowest BCUT2D eigenvalue weighted by Gasteiger charge is -2.16. The Morgan fingerprint density at radius 3 is 2.68 bits per heavy atom. The fourth-order valence-corrected chi connectivity index (χ4v) is 2.03. The van der Waals surface area contributed by atoms with Gasteiger partial charge in [0, 0.05) is 24.9 Å². The maximum atomic E-state index is 11.6. The highest BCUT2D eigenvalue weighted by molar-refractivity contribution is 7.09. The summed E-state index contributed by atoms with van der Waals surface area (Å²) in [5, 5.41) is 12.5. The highest BCUT2D eigenvalue weighted by atomic mass is 32.1. The first-order chi connectivity index (χ1) is 8.99. The normalized spacial score (nSPS) is 9.95. The number of carboxylic acid groups (broad SMARTS) is 1. The van der Waals surface area contributed by atoms with Crippen molar-refractivity contribution >= 4 is 29.2 Å². The second-order valence-corrected chi connectivity index (χ2v) is 5.03. The lowest BCUT2D eigenvalue weighted by molar-refractivity contribution is -0.138. The van der Waals surface area contributed by atoms with Gasteiger partial charge in [-0.3, -0.25) is 14.9 Å². The number of rotatable bonds is 6. The fraction of sp³-hybridized carbons (Fsp3) is 0.417. The van der Waals surface area contributed by atoms with Crippen molar-refractivity contribution in [1.29, 1.82) is 0 Å². The summed E-state index contributed by atoms with van der Waals surface area (Å²) in [6.07, 6.45) is 0.253. The summed E-state index contributed by atoms with van der Waals surface area (Å²) in [5.74, 6) is -1.64. The zero-order chi connectivity index (χ0) is 14.3. The molecule has 0 bridgehead atoms. The van der Waals surface area contributed by atoms with Gasteiger partial charge < -0.3 is 10.0 Å². The standard InChI is InChI=1S/C12H16N2O4S/c1-14(7-6-9-3-2-8-19-9)12(18)13-10(15)4-5-11(16)17/h2-3,8H,4-7H2,1H3,(H,16,17)(H,13,15,18). The van der Waals surface area contributed by atoms with E-state index in [0.29, 0.717) is 6.54 Å². The van der Waals surface area contributed by atoms with Crippen LogP contribution in [0.5, 0.6) is 0 Å². The molecule has 0 aliphatic carbocycles. The van der Waals surface area contributed by atoms with Crippen molar-refractivity contribution in [3.8, 4) is 0 Å². The molecule has 104 valence electrons. The minimum absolute atomic E-state index is 0.195. The molecular weight excluding hydrogens is 268 g/mol. The second-order valence-electron chi connectivity index (χ2n) is 4.00. The minimum atomic E-state index is -1.06. The van der Waals surface area contributed by atoms with Gasteiger partial charge in [0.2, 0.25) is 5.91 Å². The summed E-state index contributed by atoms with van der Waals surface area (Å²) in [6.45, 7) is 0.499. The molecule has 0 spiro atoms. The van der Waals surface area contributed by atoms with Crippen LogP contribution in [0.4, 0.5) is 4.79 Å². The van der Waals surface area contributed by atoms with Gasteiger partial charge in [0.1, 0.15) is 0 Å². The van der Waals surface area contributed by atoms with Crippen molar-refractivity contribution in [3.63, 3.8) is 0 Å². The van der Waals surface area contributed by atoms with Gasteiger partial charge in [0.05, 0.1) is 6.42 Å². The van der Waals surface area contributed by atoms with E-state index in [1.807, 2.05) is 17.5 Å². The topological polar surface area (TPSA) is 86.7 Å². The van der Waals surface area contributed by atoms with Crippen LogP contribution < -0.4 is 5.32 Å². The van der Waals surface area contributed by atoms with E-state index in [9.17, 15) is 14.4 Å². The van der Waals surface area contributed by atoms with Crippen molar-refractivity contribution in [2.24, 2.45) is 0 Å². The number of hydrogen-bond donors (Lipinski definition) is 2. The molecule has 2 N–H and O–H groups in total. The van der Waals surface area contributed by atoms with E-state index in [4.69, 9.17) is 5.11 Å². The lowest BCUT2D eigenvalue weighted by Crippen LogP contribution is -2.41. The van der Waals surface area contributed by atoms with E-state index in [2.05, 4.69) is 5.32 Å². The first-order valence-electron chi connectivity index (χ1n) is 5.78. The van der Waals surface area contributed by atoms with Gasteiger partial charge in [0.15, 0.2) is 0 Å². The Labute approximate surface area is 115 Å². The molecule has 0 atom stereocenters. The quantitative estimate of drug-likeness (QED) is 0.825. The monoisotopic (exact) mass is 284 g/mol. The first-order valence-corrected chi connectivity index (χ1v) is 6.66. The molecule has 6 nitrogen and oxygen atoms in total. The number of carbonyl (C=O) groups excluding carboxylic acids is 2. The zero-order valence-electron chi connectivity index (χ0n) is 10.6. The number of nitrogens with zero attached hydrogens (tertiary/aromatic N) is 1. The van der Waals surface area contributed by atoms with E-state index < -0.39 is 17.9 Å². The molecule has 0 saturated heterocycles. The van der Waals surface area contributed by atoms with Gasteiger partial charge >= 0.3 is 12.0 Å². The summed E-state index contributed by atoms with van der Waals surface area (Å²) >= 11 is 1.61. The smallest absolute Gasteiger partial charge is 0.323 e. The predicted octanol–water partition coefficient (Wildman–Crippen LogP) is 1.32. The third-order valence-corrected chi connectivity index (χ3v) is 3.37. The van der Waals surface area contributed by atoms with E-state index in [0.717, 1.165) is 11.3 Å². The average molecular weight is 284 g/mol. The Balaban J connectivity index is 2.28. The number of amides is 3. The van der Waals surface area contributed by atoms with Crippen molar-refractivity contribution < 1.29 is 19.5 Å². The van der Waals surface area contributed by atoms with Crippen molar-refractivity contribution in [1.82, 2.24) is 10.2 Å². The molecular formula is C12H16N2O4S. The van der Waals surface area contributed by atoms with Crippen LogP contribution in [0.3, 0.4) is 0 Å². The van der Waals surface area contributed by atoms with E-state index in [1.165, 1.54) is 4.90 Å². The Morgan fingerprint density at radius 2 is 2.11 bits per heavy atom. The molecule has 1 aromatic heterocycles. The van der Waals surface area contributed by atoms with Crippen LogP contribution in [-0.2, 0) is 16.0 Å². The van der Waals surface area contributed by atoms with E-state index >= 15 is 0 Å². The van der Waals surface area contributed by atoms with Crippen molar-refractivity contribution in [2.75, 3.05) is 13.6 Å². The van der Waals surface area contributed by atoms with Crippen LogP contribution in [0.25, 0.3) is 0 Å². The summed E-state index contributed by atoms with van der Waals surface area (Å²) < 4.78 is 0. The maximum Gasteiger partial charge on any atom is 0.323 e. The van der Waals surface area contributed by atoms with Gasteiger partial charge in [0.25, 0.3) is 0 Å². The molecule has 19 heavy (non-hydrogen) atoms. The van der Waals surface area contributed by atoms with Gasteiger partial charge in [-0.15, -0.1) is 11.3 Å². The average Bonchev–Trinajstić information content (AvgIpc) is 2.86. The van der Waals surface area contributed by atoms with Crippen LogP contribution >= 0.6 is 11.3 Å². The predicted molar refractivity (Wildman–Crippen MR) is 71.1 cm³/mol. The third kappa shape index (κ3) is 6.01. The van der Waals surface area contributed by atoms with Gasteiger partial charge in [-0.1, -0.05) is 6.07 Å². The number of carbonyl (C=O) groups is 3. The van der Waals surface area contributed by atoms with Gasteiger partial charge in [-0.2, -0.15) is 0 Å². The SMILES string of the molecule is CN(CCc1cccs1)C(=O)NC(=O)CCC(=O)O. The fourth-order valence-electron chi connectivity index (χ4n) is 1.33. The van der Waals surface area contributed by atoms with Crippen LogP contribution in [0.1, 0.15) is 17.7 Å². The largest absolute Gasteiger partial charge is 0.481 e. The number of hydrogen-bond acceptors (Lipinski definition) is 4. The second kappa shape index (κ2) is 7.52. The lowest BCUT2D eigenvalue weighted by atomic mass is 10.3.